The molecule has 0 saturated carbocycles. The van der Waals surface area contributed by atoms with E-state index in [1.165, 1.54) is 18.2 Å². The molecular formula is C23H28FN3O4. The van der Waals surface area contributed by atoms with Gasteiger partial charge in [-0.15, -0.1) is 0 Å². The molecule has 0 radical (unpaired) electrons. The number of fused-ring (bicyclic) bond motifs is 3. The Balaban J connectivity index is 1.57. The summed E-state index contributed by atoms with van der Waals surface area (Å²) in [6.45, 7) is 0.986. The van der Waals surface area contributed by atoms with Gasteiger partial charge in [0.25, 0.3) is 0 Å². The lowest BCUT2D eigenvalue weighted by Gasteiger charge is -2.46. The van der Waals surface area contributed by atoms with Gasteiger partial charge in [0, 0.05) is 43.0 Å². The number of methoxy groups -OCH3 is 2. The first-order valence-electron chi connectivity index (χ1n) is 10.4. The van der Waals surface area contributed by atoms with Gasteiger partial charge >= 0.3 is 5.97 Å². The van der Waals surface area contributed by atoms with Gasteiger partial charge in [-0.25, -0.2) is 9.18 Å². The van der Waals surface area contributed by atoms with E-state index in [1.54, 1.807) is 19.4 Å². The second-order valence-corrected chi connectivity index (χ2v) is 8.06. The SMILES string of the molecule is COC(=O)COc1cc2c(cc1OC)[C@@H]1C[C@H](N)[C@@H](c3cc(CF)ccn3)CN1CC2. The van der Waals surface area contributed by atoms with E-state index in [0.29, 0.717) is 17.1 Å². The van der Waals surface area contributed by atoms with Crippen molar-refractivity contribution in [2.75, 3.05) is 33.9 Å². The average molecular weight is 429 g/mol. The fourth-order valence-corrected chi connectivity index (χ4v) is 4.63. The van der Waals surface area contributed by atoms with E-state index in [4.69, 9.17) is 15.2 Å². The molecule has 2 aliphatic rings. The number of benzene rings is 1. The standard InChI is InChI=1S/C23H28FN3O4/c1-29-21-9-16-15(8-22(21)31-13-23(28)30-2)4-6-27-12-17(18(25)10-20(16)27)19-7-14(11-24)3-5-26-19/h3,5,7-9,17-18,20H,4,6,10-13,25H2,1-2H3/t17-,18-,20-/m0/s1. The summed E-state index contributed by atoms with van der Waals surface area (Å²) >= 11 is 0. The second-order valence-electron chi connectivity index (χ2n) is 8.06. The van der Waals surface area contributed by atoms with Crippen molar-refractivity contribution in [3.63, 3.8) is 0 Å². The first kappa shape index (κ1) is 21.5. The number of hydrogen-bond donors (Lipinski definition) is 1. The summed E-state index contributed by atoms with van der Waals surface area (Å²) in [5, 5.41) is 0. The third kappa shape index (κ3) is 4.36. The lowest BCUT2D eigenvalue weighted by atomic mass is 9.79. The predicted octanol–water partition coefficient (Wildman–Crippen LogP) is 2.53. The molecule has 0 bridgehead atoms. The van der Waals surface area contributed by atoms with Gasteiger partial charge in [-0.1, -0.05) is 0 Å². The topological polar surface area (TPSA) is 86.9 Å². The summed E-state index contributed by atoms with van der Waals surface area (Å²) in [6.07, 6.45) is 3.28. The highest BCUT2D eigenvalue weighted by Gasteiger charge is 2.39. The normalized spacial score (nSPS) is 22.9. The molecule has 3 heterocycles. The van der Waals surface area contributed by atoms with Gasteiger partial charge in [0.2, 0.25) is 0 Å². The number of carbonyl (C=O) groups is 1. The van der Waals surface area contributed by atoms with E-state index in [1.807, 2.05) is 18.2 Å². The zero-order valence-corrected chi connectivity index (χ0v) is 17.8. The van der Waals surface area contributed by atoms with Crippen LogP contribution in [0.1, 0.15) is 40.8 Å². The van der Waals surface area contributed by atoms with Crippen molar-refractivity contribution in [1.29, 1.82) is 0 Å². The summed E-state index contributed by atoms with van der Waals surface area (Å²) in [5.41, 5.74) is 10.4. The van der Waals surface area contributed by atoms with Crippen molar-refractivity contribution in [3.05, 3.63) is 52.8 Å². The lowest BCUT2D eigenvalue weighted by Crippen LogP contribution is -2.50. The number of piperidine rings is 1. The number of aromatic nitrogens is 1. The first-order valence-corrected chi connectivity index (χ1v) is 10.4. The molecule has 0 amide bonds. The number of ether oxygens (including phenoxy) is 3. The summed E-state index contributed by atoms with van der Waals surface area (Å²) in [6, 6.07) is 7.56. The highest BCUT2D eigenvalue weighted by Crippen LogP contribution is 2.44. The number of alkyl halides is 1. The second kappa shape index (κ2) is 9.20. The lowest BCUT2D eigenvalue weighted by molar-refractivity contribution is -0.142. The highest BCUT2D eigenvalue weighted by molar-refractivity contribution is 5.71. The monoisotopic (exact) mass is 429 g/mol. The minimum absolute atomic E-state index is 0.0638. The Bertz CT molecular complexity index is 954. The largest absolute Gasteiger partial charge is 0.493 e. The van der Waals surface area contributed by atoms with Crippen LogP contribution in [0.3, 0.4) is 0 Å². The molecule has 31 heavy (non-hydrogen) atoms. The molecule has 1 aromatic heterocycles. The molecule has 0 spiro atoms. The van der Waals surface area contributed by atoms with E-state index in [-0.39, 0.29) is 24.6 Å². The van der Waals surface area contributed by atoms with Crippen LogP contribution >= 0.6 is 0 Å². The Morgan fingerprint density at radius 1 is 1.29 bits per heavy atom. The summed E-state index contributed by atoms with van der Waals surface area (Å²) in [7, 11) is 2.91. The molecule has 2 aliphatic heterocycles. The van der Waals surface area contributed by atoms with Gasteiger partial charge in [0.05, 0.1) is 14.2 Å². The van der Waals surface area contributed by atoms with E-state index in [9.17, 15) is 9.18 Å². The fraction of sp³-hybridized carbons (Fsp3) is 0.478. The van der Waals surface area contributed by atoms with E-state index >= 15 is 0 Å². The summed E-state index contributed by atoms with van der Waals surface area (Å²) in [5.74, 6) is 0.734. The zero-order valence-electron chi connectivity index (χ0n) is 17.8. The van der Waals surface area contributed by atoms with Crippen molar-refractivity contribution in [3.8, 4) is 11.5 Å². The number of esters is 1. The third-order valence-corrected chi connectivity index (χ3v) is 6.29. The van der Waals surface area contributed by atoms with Crippen molar-refractivity contribution < 1.29 is 23.4 Å². The molecule has 2 N–H and O–H groups in total. The molecular weight excluding hydrogens is 401 g/mol. The number of rotatable bonds is 6. The van der Waals surface area contributed by atoms with Gasteiger partial charge in [0.15, 0.2) is 18.1 Å². The molecule has 7 nitrogen and oxygen atoms in total. The minimum Gasteiger partial charge on any atom is -0.493 e. The van der Waals surface area contributed by atoms with Crippen LogP contribution in [0.15, 0.2) is 30.5 Å². The van der Waals surface area contributed by atoms with E-state index in [0.717, 1.165) is 31.6 Å². The van der Waals surface area contributed by atoms with Crippen molar-refractivity contribution in [1.82, 2.24) is 9.88 Å². The molecule has 1 saturated heterocycles. The Morgan fingerprint density at radius 3 is 2.87 bits per heavy atom. The smallest absolute Gasteiger partial charge is 0.343 e. The van der Waals surface area contributed by atoms with Gasteiger partial charge in [-0.05, 0) is 53.8 Å². The predicted molar refractivity (Wildman–Crippen MR) is 113 cm³/mol. The van der Waals surface area contributed by atoms with E-state index < -0.39 is 12.6 Å². The number of hydrogen-bond acceptors (Lipinski definition) is 7. The van der Waals surface area contributed by atoms with Gasteiger partial charge < -0.3 is 19.9 Å². The maximum absolute atomic E-state index is 13.1. The number of nitrogens with two attached hydrogens (primary N) is 1. The maximum Gasteiger partial charge on any atom is 0.343 e. The van der Waals surface area contributed by atoms with Crippen molar-refractivity contribution in [2.24, 2.45) is 5.73 Å². The molecule has 1 aromatic carbocycles. The molecule has 8 heteroatoms. The highest BCUT2D eigenvalue weighted by atomic mass is 19.1. The van der Waals surface area contributed by atoms with Crippen LogP contribution in [0.5, 0.6) is 11.5 Å². The Labute approximate surface area is 181 Å². The van der Waals surface area contributed by atoms with Gasteiger partial charge in [-0.2, -0.15) is 0 Å². The molecule has 1 fully saturated rings. The maximum atomic E-state index is 13.1. The van der Waals surface area contributed by atoms with Crippen LogP contribution in [0.4, 0.5) is 4.39 Å². The number of pyridine rings is 1. The quantitative estimate of drug-likeness (QED) is 0.706. The molecule has 0 aliphatic carbocycles. The number of nitrogens with zero attached hydrogens (tertiary/aromatic N) is 2. The van der Waals surface area contributed by atoms with Crippen LogP contribution in [0.25, 0.3) is 0 Å². The van der Waals surface area contributed by atoms with Crippen LogP contribution in [0.2, 0.25) is 0 Å². The first-order chi connectivity index (χ1) is 15.0. The molecule has 0 unspecified atom stereocenters. The fourth-order valence-electron chi connectivity index (χ4n) is 4.63. The number of halogens is 1. The Kier molecular flexibility index (Phi) is 6.38. The van der Waals surface area contributed by atoms with Crippen LogP contribution < -0.4 is 15.2 Å². The Hall–Kier alpha value is -2.71. The van der Waals surface area contributed by atoms with Crippen LogP contribution in [-0.2, 0) is 22.6 Å². The van der Waals surface area contributed by atoms with Gasteiger partial charge in [-0.3, -0.25) is 9.88 Å². The van der Waals surface area contributed by atoms with Crippen LogP contribution in [0, 0.1) is 0 Å². The van der Waals surface area contributed by atoms with Crippen molar-refractivity contribution in [2.45, 2.75) is 37.5 Å². The van der Waals surface area contributed by atoms with E-state index in [2.05, 4.69) is 14.6 Å². The molecule has 166 valence electrons. The molecule has 4 rings (SSSR count). The van der Waals surface area contributed by atoms with Crippen LogP contribution in [-0.4, -0.2) is 55.8 Å². The third-order valence-electron chi connectivity index (χ3n) is 6.29. The molecule has 2 aromatic rings. The summed E-state index contributed by atoms with van der Waals surface area (Å²) in [4.78, 5) is 18.4. The zero-order chi connectivity index (χ0) is 22.0. The van der Waals surface area contributed by atoms with Gasteiger partial charge in [0.1, 0.15) is 6.67 Å². The Morgan fingerprint density at radius 2 is 2.13 bits per heavy atom. The molecule has 3 atom stereocenters. The number of carbonyl (C=O) groups excluding carboxylic acids is 1. The minimum atomic E-state index is -0.503. The average Bonchev–Trinajstić information content (AvgIpc) is 2.81. The van der Waals surface area contributed by atoms with Crippen molar-refractivity contribution >= 4 is 5.97 Å². The summed E-state index contributed by atoms with van der Waals surface area (Å²) < 4.78 is 28.9.